The van der Waals surface area contributed by atoms with Gasteiger partial charge in [0.15, 0.2) is 0 Å². The van der Waals surface area contributed by atoms with Crippen LogP contribution in [0.5, 0.6) is 0 Å². The zero-order valence-electron chi connectivity index (χ0n) is 8.66. The average Bonchev–Trinajstić information content (AvgIpc) is 1.98. The lowest BCUT2D eigenvalue weighted by Gasteiger charge is -2.18. The van der Waals surface area contributed by atoms with Gasteiger partial charge in [-0.3, -0.25) is 0 Å². The molecule has 0 atom stereocenters. The molecule has 0 saturated heterocycles. The fourth-order valence-electron chi connectivity index (χ4n) is 0.455. The first-order valence-electron chi connectivity index (χ1n) is 4.06. The zero-order chi connectivity index (χ0) is 11.4. The van der Waals surface area contributed by atoms with Crippen molar-refractivity contribution in [1.82, 2.24) is 5.48 Å². The maximum absolute atomic E-state index is 10.9. The number of rotatable bonds is 3. The Bertz CT molecular complexity index is 290. The minimum Gasteiger partial charge on any atom is -0.442 e. The second-order valence-corrected chi connectivity index (χ2v) is 5.39. The summed E-state index contributed by atoms with van der Waals surface area (Å²) in [6.07, 6.45) is -0.936. The lowest BCUT2D eigenvalue weighted by Crippen LogP contribution is -2.34. The molecule has 0 unspecified atom stereocenters. The fourth-order valence-corrected chi connectivity index (χ4v) is 0.768. The van der Waals surface area contributed by atoms with Gasteiger partial charge in [-0.1, -0.05) is 0 Å². The highest BCUT2D eigenvalue weighted by Gasteiger charge is 2.18. The third-order valence-electron chi connectivity index (χ3n) is 1.00. The summed E-state index contributed by atoms with van der Waals surface area (Å²) in [7, 11) is -3.68. The molecule has 6 nitrogen and oxygen atoms in total. The Kier molecular flexibility index (Phi) is 4.34. The summed E-state index contributed by atoms with van der Waals surface area (Å²) in [5, 5.41) is 0. The maximum atomic E-state index is 10.9. The Labute approximate surface area is 83.7 Å². The molecule has 0 saturated carbocycles. The van der Waals surface area contributed by atoms with Gasteiger partial charge in [0.2, 0.25) is 0 Å². The molecule has 0 fully saturated rings. The van der Waals surface area contributed by atoms with Crippen LogP contribution in [0.2, 0.25) is 0 Å². The molecule has 84 valence electrons. The van der Waals surface area contributed by atoms with E-state index in [2.05, 4.69) is 4.28 Å². The van der Waals surface area contributed by atoms with Gasteiger partial charge in [0.25, 0.3) is 10.1 Å². The Morgan fingerprint density at radius 1 is 1.36 bits per heavy atom. The van der Waals surface area contributed by atoms with Gasteiger partial charge in [0.05, 0.1) is 5.75 Å². The highest BCUT2D eigenvalue weighted by atomic mass is 32.2. The molecule has 0 rings (SSSR count). The highest BCUT2D eigenvalue weighted by Crippen LogP contribution is 2.06. The summed E-state index contributed by atoms with van der Waals surface area (Å²) in [6, 6.07) is 0. The molecule has 0 aromatic heterocycles. The molecule has 0 aromatic rings. The van der Waals surface area contributed by atoms with Crippen LogP contribution in [-0.2, 0) is 19.1 Å². The van der Waals surface area contributed by atoms with Crippen LogP contribution in [0, 0.1) is 0 Å². The van der Waals surface area contributed by atoms with E-state index < -0.39 is 21.8 Å². The van der Waals surface area contributed by atoms with Crippen LogP contribution in [0.25, 0.3) is 0 Å². The molecule has 0 aliphatic heterocycles. The quantitative estimate of drug-likeness (QED) is 0.718. The van der Waals surface area contributed by atoms with E-state index in [0.29, 0.717) is 0 Å². The predicted molar refractivity (Wildman–Crippen MR) is 49.9 cm³/mol. The first kappa shape index (κ1) is 13.2. The fraction of sp³-hybridized carbons (Fsp3) is 0.857. The van der Waals surface area contributed by atoms with Crippen molar-refractivity contribution >= 4 is 16.2 Å². The lowest BCUT2D eigenvalue weighted by molar-refractivity contribution is 0.0299. The van der Waals surface area contributed by atoms with E-state index in [-0.39, 0.29) is 5.75 Å². The number of ether oxygens (including phenoxy) is 1. The van der Waals surface area contributed by atoms with Crippen LogP contribution < -0.4 is 5.48 Å². The van der Waals surface area contributed by atoms with E-state index in [9.17, 15) is 13.2 Å². The second kappa shape index (κ2) is 4.61. The second-order valence-electron chi connectivity index (χ2n) is 3.53. The summed E-state index contributed by atoms with van der Waals surface area (Å²) >= 11 is 0. The monoisotopic (exact) mass is 225 g/mol. The number of carbonyl (C=O) groups excluding carboxylic acids is 1. The molecular weight excluding hydrogens is 210 g/mol. The Hall–Kier alpha value is -0.820. The first-order chi connectivity index (χ1) is 6.16. The van der Waals surface area contributed by atoms with Crippen molar-refractivity contribution in [2.75, 3.05) is 5.75 Å². The largest absolute Gasteiger partial charge is 0.442 e. The Morgan fingerprint density at radius 3 is 2.21 bits per heavy atom. The van der Waals surface area contributed by atoms with Crippen molar-refractivity contribution < 1.29 is 22.2 Å². The normalized spacial score (nSPS) is 12.3. The smallest absolute Gasteiger partial charge is 0.432 e. The van der Waals surface area contributed by atoms with Crippen LogP contribution >= 0.6 is 0 Å². The Morgan fingerprint density at radius 2 is 1.86 bits per heavy atom. The van der Waals surface area contributed by atoms with E-state index >= 15 is 0 Å². The van der Waals surface area contributed by atoms with E-state index in [4.69, 9.17) is 4.74 Å². The van der Waals surface area contributed by atoms with Crippen molar-refractivity contribution in [1.29, 1.82) is 0 Å². The number of nitrogens with one attached hydrogen (secondary N) is 1. The van der Waals surface area contributed by atoms with Gasteiger partial charge in [0.1, 0.15) is 5.60 Å². The van der Waals surface area contributed by atoms with Crippen LogP contribution in [0.3, 0.4) is 0 Å². The summed E-state index contributed by atoms with van der Waals surface area (Å²) in [5.74, 6) is -0.219. The molecule has 0 aliphatic rings. The zero-order valence-corrected chi connectivity index (χ0v) is 9.47. The molecule has 0 aliphatic carbocycles. The van der Waals surface area contributed by atoms with Crippen molar-refractivity contribution in [3.05, 3.63) is 0 Å². The van der Waals surface area contributed by atoms with Gasteiger partial charge < -0.3 is 4.74 Å². The summed E-state index contributed by atoms with van der Waals surface area (Å²) in [4.78, 5) is 10.9. The average molecular weight is 225 g/mol. The number of amides is 1. The van der Waals surface area contributed by atoms with Gasteiger partial charge in [-0.15, -0.1) is 4.28 Å². The first-order valence-corrected chi connectivity index (χ1v) is 5.64. The van der Waals surface area contributed by atoms with Crippen molar-refractivity contribution in [2.45, 2.75) is 33.3 Å². The number of carbonyl (C=O) groups is 1. The standard InChI is InChI=1S/C7H15NO5S/c1-5-14(10,11)13-8-6(9)12-7(2,3)4/h5H2,1-4H3,(H,8,9). The van der Waals surface area contributed by atoms with Gasteiger partial charge >= 0.3 is 6.09 Å². The topological polar surface area (TPSA) is 81.7 Å². The van der Waals surface area contributed by atoms with Crippen molar-refractivity contribution in [2.24, 2.45) is 0 Å². The molecule has 0 bridgehead atoms. The van der Waals surface area contributed by atoms with Crippen LogP contribution in [0.4, 0.5) is 4.79 Å². The van der Waals surface area contributed by atoms with Crippen molar-refractivity contribution in [3.8, 4) is 0 Å². The molecule has 14 heavy (non-hydrogen) atoms. The van der Waals surface area contributed by atoms with Gasteiger partial charge in [0, 0.05) is 0 Å². The SMILES string of the molecule is CCS(=O)(=O)ONC(=O)OC(C)(C)C. The minimum absolute atomic E-state index is 0.219. The van der Waals surface area contributed by atoms with Gasteiger partial charge in [-0.2, -0.15) is 13.9 Å². The highest BCUT2D eigenvalue weighted by molar-refractivity contribution is 7.86. The molecular formula is C7H15NO5S. The number of hydrogen-bond donors (Lipinski definition) is 1. The van der Waals surface area contributed by atoms with E-state index in [1.165, 1.54) is 6.92 Å². The van der Waals surface area contributed by atoms with E-state index in [1.807, 2.05) is 0 Å². The van der Waals surface area contributed by atoms with Gasteiger partial charge in [-0.05, 0) is 27.7 Å². The summed E-state index contributed by atoms with van der Waals surface area (Å²) in [5.41, 5.74) is 0.990. The third-order valence-corrected chi connectivity index (χ3v) is 2.05. The maximum Gasteiger partial charge on any atom is 0.432 e. The number of hydroxylamine groups is 1. The predicted octanol–water partition coefficient (Wildman–Crippen LogP) is 0.792. The molecule has 1 N–H and O–H groups in total. The van der Waals surface area contributed by atoms with Crippen LogP contribution in [0.1, 0.15) is 27.7 Å². The minimum atomic E-state index is -3.68. The molecule has 0 radical (unpaired) electrons. The number of hydrogen-bond acceptors (Lipinski definition) is 5. The molecule has 0 aromatic carbocycles. The van der Waals surface area contributed by atoms with E-state index in [0.717, 1.165) is 0 Å². The lowest BCUT2D eigenvalue weighted by atomic mass is 10.2. The molecule has 0 spiro atoms. The molecule has 7 heteroatoms. The van der Waals surface area contributed by atoms with Crippen LogP contribution in [0.15, 0.2) is 0 Å². The molecule has 0 heterocycles. The van der Waals surface area contributed by atoms with E-state index in [1.54, 1.807) is 26.3 Å². The summed E-state index contributed by atoms with van der Waals surface area (Å²) in [6.45, 7) is 6.36. The van der Waals surface area contributed by atoms with Gasteiger partial charge in [-0.25, -0.2) is 4.79 Å². The van der Waals surface area contributed by atoms with Crippen LogP contribution in [-0.4, -0.2) is 25.9 Å². The summed E-state index contributed by atoms with van der Waals surface area (Å²) < 4.78 is 30.4. The van der Waals surface area contributed by atoms with Crippen molar-refractivity contribution in [3.63, 3.8) is 0 Å². The molecule has 1 amide bonds. The third kappa shape index (κ3) is 6.67. The Balaban J connectivity index is 4.00.